The lowest BCUT2D eigenvalue weighted by atomic mass is 9.75. The average Bonchev–Trinajstić information content (AvgIpc) is 2.15. The van der Waals surface area contributed by atoms with E-state index in [1.165, 1.54) is 38.6 Å². The molecule has 1 heteroatoms. The van der Waals surface area contributed by atoms with E-state index in [1.54, 1.807) is 0 Å². The second-order valence-corrected chi connectivity index (χ2v) is 4.84. The molecule has 0 bridgehead atoms. The topological polar surface area (TPSA) is 12.0 Å². The first-order valence-electron chi connectivity index (χ1n) is 5.31. The van der Waals surface area contributed by atoms with Gasteiger partial charge in [-0.25, -0.2) is 0 Å². The van der Waals surface area contributed by atoms with Crippen molar-refractivity contribution in [1.82, 2.24) is 5.32 Å². The molecule has 12 heavy (non-hydrogen) atoms. The van der Waals surface area contributed by atoms with E-state index < -0.39 is 0 Å². The van der Waals surface area contributed by atoms with Crippen molar-refractivity contribution in [3.05, 3.63) is 0 Å². The number of hydrogen-bond acceptors (Lipinski definition) is 1. The van der Waals surface area contributed by atoms with Gasteiger partial charge in [-0.1, -0.05) is 33.1 Å². The summed E-state index contributed by atoms with van der Waals surface area (Å²) in [6.45, 7) is 6.06. The lowest BCUT2D eigenvalue weighted by Crippen LogP contribution is -2.31. The summed E-state index contributed by atoms with van der Waals surface area (Å²) in [5, 5.41) is 3.32. The van der Waals surface area contributed by atoms with Gasteiger partial charge in [0.1, 0.15) is 0 Å². The Bertz CT molecular complexity index is 129. The van der Waals surface area contributed by atoms with E-state index in [2.05, 4.69) is 26.2 Å². The van der Waals surface area contributed by atoms with Crippen LogP contribution in [0, 0.1) is 11.3 Å². The first-order valence-corrected chi connectivity index (χ1v) is 5.31. The van der Waals surface area contributed by atoms with Crippen LogP contribution >= 0.6 is 0 Å². The average molecular weight is 169 g/mol. The van der Waals surface area contributed by atoms with Crippen molar-refractivity contribution in [3.63, 3.8) is 0 Å². The fraction of sp³-hybridized carbons (Fsp3) is 1.00. The zero-order chi connectivity index (χ0) is 9.03. The highest BCUT2D eigenvalue weighted by atomic mass is 14.8. The second kappa shape index (κ2) is 4.27. The minimum absolute atomic E-state index is 0.569. The zero-order valence-electron chi connectivity index (χ0n) is 8.82. The molecule has 72 valence electrons. The predicted molar refractivity (Wildman–Crippen MR) is 54.3 cm³/mol. The largest absolute Gasteiger partial charge is 0.319 e. The summed E-state index contributed by atoms with van der Waals surface area (Å²) in [6, 6.07) is 0. The van der Waals surface area contributed by atoms with Gasteiger partial charge < -0.3 is 5.32 Å². The summed E-state index contributed by atoms with van der Waals surface area (Å²) < 4.78 is 0. The molecule has 1 N–H and O–H groups in total. The molecule has 0 radical (unpaired) electrons. The van der Waals surface area contributed by atoms with E-state index in [4.69, 9.17) is 0 Å². The fourth-order valence-electron chi connectivity index (χ4n) is 2.37. The van der Waals surface area contributed by atoms with E-state index in [0.717, 1.165) is 5.92 Å². The highest BCUT2D eigenvalue weighted by molar-refractivity contribution is 4.82. The molecular formula is C11H23N. The molecule has 1 fully saturated rings. The van der Waals surface area contributed by atoms with Crippen molar-refractivity contribution in [1.29, 1.82) is 0 Å². The van der Waals surface area contributed by atoms with Crippen LogP contribution in [0.2, 0.25) is 0 Å². The standard InChI is InChI=1S/C11H23N/c1-11(2)8-6-4-5-7-10(11)9-12-3/h10,12H,4-9H2,1-3H3. The van der Waals surface area contributed by atoms with E-state index in [0.29, 0.717) is 5.41 Å². The Morgan fingerprint density at radius 2 is 2.00 bits per heavy atom. The second-order valence-electron chi connectivity index (χ2n) is 4.84. The molecule has 1 aliphatic rings. The molecule has 1 saturated carbocycles. The molecule has 1 rings (SSSR count). The molecule has 0 aromatic heterocycles. The summed E-state index contributed by atoms with van der Waals surface area (Å²) in [7, 11) is 2.07. The molecule has 0 aromatic carbocycles. The zero-order valence-corrected chi connectivity index (χ0v) is 8.82. The van der Waals surface area contributed by atoms with Crippen LogP contribution in [0.3, 0.4) is 0 Å². The molecule has 0 saturated heterocycles. The van der Waals surface area contributed by atoms with Gasteiger partial charge in [-0.2, -0.15) is 0 Å². The van der Waals surface area contributed by atoms with Gasteiger partial charge >= 0.3 is 0 Å². The van der Waals surface area contributed by atoms with Gasteiger partial charge in [-0.15, -0.1) is 0 Å². The van der Waals surface area contributed by atoms with Gasteiger partial charge in [0.25, 0.3) is 0 Å². The molecule has 0 aromatic rings. The van der Waals surface area contributed by atoms with Crippen LogP contribution in [0.1, 0.15) is 46.0 Å². The SMILES string of the molecule is CNCC1CCCCCC1(C)C. The van der Waals surface area contributed by atoms with Crippen LogP contribution in [0.5, 0.6) is 0 Å². The third-order valence-electron chi connectivity index (χ3n) is 3.43. The molecule has 1 nitrogen and oxygen atoms in total. The first kappa shape index (κ1) is 10.0. The monoisotopic (exact) mass is 169 g/mol. The molecule has 0 spiro atoms. The Morgan fingerprint density at radius 3 is 2.67 bits per heavy atom. The van der Waals surface area contributed by atoms with Gasteiger partial charge in [0.05, 0.1) is 0 Å². The van der Waals surface area contributed by atoms with Crippen molar-refractivity contribution in [2.24, 2.45) is 11.3 Å². The molecule has 1 aliphatic carbocycles. The van der Waals surface area contributed by atoms with Crippen LogP contribution < -0.4 is 5.32 Å². The Morgan fingerprint density at radius 1 is 1.25 bits per heavy atom. The van der Waals surface area contributed by atoms with E-state index in [-0.39, 0.29) is 0 Å². The van der Waals surface area contributed by atoms with Crippen molar-refractivity contribution in [2.75, 3.05) is 13.6 Å². The molecular weight excluding hydrogens is 146 g/mol. The van der Waals surface area contributed by atoms with Gasteiger partial charge in [0, 0.05) is 0 Å². The number of rotatable bonds is 2. The summed E-state index contributed by atoms with van der Waals surface area (Å²) in [6.07, 6.45) is 7.17. The number of hydrogen-bond donors (Lipinski definition) is 1. The smallest absolute Gasteiger partial charge is 0.00184 e. The highest BCUT2D eigenvalue weighted by Gasteiger charge is 2.29. The Kier molecular flexibility index (Phi) is 3.57. The Labute approximate surface area is 76.9 Å². The van der Waals surface area contributed by atoms with Crippen LogP contribution in [0.15, 0.2) is 0 Å². The van der Waals surface area contributed by atoms with E-state index in [9.17, 15) is 0 Å². The predicted octanol–water partition coefficient (Wildman–Crippen LogP) is 2.81. The minimum Gasteiger partial charge on any atom is -0.319 e. The fourth-order valence-corrected chi connectivity index (χ4v) is 2.37. The van der Waals surface area contributed by atoms with E-state index in [1.807, 2.05) is 0 Å². The quantitative estimate of drug-likeness (QED) is 0.627. The molecule has 0 amide bonds. The first-order chi connectivity index (χ1) is 5.67. The van der Waals surface area contributed by atoms with Crippen LogP contribution in [-0.2, 0) is 0 Å². The summed E-state index contributed by atoms with van der Waals surface area (Å²) in [5.41, 5.74) is 0.569. The van der Waals surface area contributed by atoms with Crippen molar-refractivity contribution < 1.29 is 0 Å². The van der Waals surface area contributed by atoms with E-state index >= 15 is 0 Å². The van der Waals surface area contributed by atoms with Crippen molar-refractivity contribution in [3.8, 4) is 0 Å². The summed E-state index contributed by atoms with van der Waals surface area (Å²) >= 11 is 0. The molecule has 0 aliphatic heterocycles. The highest BCUT2D eigenvalue weighted by Crippen LogP contribution is 2.38. The summed E-state index contributed by atoms with van der Waals surface area (Å²) in [4.78, 5) is 0. The van der Waals surface area contributed by atoms with Gasteiger partial charge in [0.2, 0.25) is 0 Å². The minimum atomic E-state index is 0.569. The maximum Gasteiger partial charge on any atom is -0.00184 e. The molecule has 1 unspecified atom stereocenters. The molecule has 0 heterocycles. The maximum absolute atomic E-state index is 3.32. The lowest BCUT2D eigenvalue weighted by molar-refractivity contribution is 0.194. The van der Waals surface area contributed by atoms with Crippen LogP contribution in [0.25, 0.3) is 0 Å². The van der Waals surface area contributed by atoms with Crippen LogP contribution in [0.4, 0.5) is 0 Å². The van der Waals surface area contributed by atoms with Gasteiger partial charge in [0.15, 0.2) is 0 Å². The third-order valence-corrected chi connectivity index (χ3v) is 3.43. The lowest BCUT2D eigenvalue weighted by Gasteiger charge is -2.32. The number of nitrogens with one attached hydrogen (secondary N) is 1. The van der Waals surface area contributed by atoms with Crippen LogP contribution in [-0.4, -0.2) is 13.6 Å². The Balaban J connectivity index is 2.52. The van der Waals surface area contributed by atoms with Crippen molar-refractivity contribution in [2.45, 2.75) is 46.0 Å². The Hall–Kier alpha value is -0.0400. The van der Waals surface area contributed by atoms with Crippen molar-refractivity contribution >= 4 is 0 Å². The van der Waals surface area contributed by atoms with Gasteiger partial charge in [-0.05, 0) is 37.8 Å². The normalized spacial score (nSPS) is 29.8. The molecule has 1 atom stereocenters. The third kappa shape index (κ3) is 2.48. The summed E-state index contributed by atoms with van der Waals surface area (Å²) in [5.74, 6) is 0.894. The van der Waals surface area contributed by atoms with Gasteiger partial charge in [-0.3, -0.25) is 0 Å². The maximum atomic E-state index is 3.32.